The van der Waals surface area contributed by atoms with Crippen molar-refractivity contribution in [2.45, 2.75) is 51.6 Å². The number of carbonyl (C=O) groups is 1. The predicted molar refractivity (Wildman–Crippen MR) is 89.1 cm³/mol. The van der Waals surface area contributed by atoms with Gasteiger partial charge in [-0.2, -0.15) is 5.10 Å². The van der Waals surface area contributed by atoms with Crippen LogP contribution in [0.15, 0.2) is 12.3 Å². The summed E-state index contributed by atoms with van der Waals surface area (Å²) >= 11 is 0. The summed E-state index contributed by atoms with van der Waals surface area (Å²) in [5.74, 6) is 1.29. The molecule has 1 amide bonds. The Kier molecular flexibility index (Phi) is 5.05. The van der Waals surface area contributed by atoms with E-state index < -0.39 is 0 Å². The van der Waals surface area contributed by atoms with Crippen LogP contribution in [0, 0.1) is 11.8 Å². The summed E-state index contributed by atoms with van der Waals surface area (Å²) in [6, 6.07) is 2.10. The molecule has 0 aliphatic carbocycles. The van der Waals surface area contributed by atoms with Gasteiger partial charge in [0.2, 0.25) is 5.91 Å². The smallest absolute Gasteiger partial charge is 0.228 e. The van der Waals surface area contributed by atoms with Crippen molar-refractivity contribution in [3.05, 3.63) is 18.0 Å². The normalized spacial score (nSPS) is 26.7. The summed E-state index contributed by atoms with van der Waals surface area (Å²) < 4.78 is 7.86. The second kappa shape index (κ2) is 7.04. The van der Waals surface area contributed by atoms with Crippen molar-refractivity contribution < 1.29 is 9.53 Å². The standard InChI is InChI=1S/C18H29N3O2/c1-13(2)17-15(5-4-12-23-17)18(22)21-10-7-14(8-11-21)16-6-9-19-20(16)3/h6,9,13-15,17H,4-5,7-8,10-12H2,1-3H3/t15-,17-/m1/s1. The van der Waals surface area contributed by atoms with E-state index in [1.54, 1.807) is 0 Å². The first-order chi connectivity index (χ1) is 11.1. The van der Waals surface area contributed by atoms with Gasteiger partial charge in [-0.1, -0.05) is 13.8 Å². The number of hydrogen-bond donors (Lipinski definition) is 0. The van der Waals surface area contributed by atoms with Crippen molar-refractivity contribution in [3.8, 4) is 0 Å². The van der Waals surface area contributed by atoms with Gasteiger partial charge in [0.05, 0.1) is 12.0 Å². The van der Waals surface area contributed by atoms with Crippen LogP contribution in [0.5, 0.6) is 0 Å². The van der Waals surface area contributed by atoms with Gasteiger partial charge in [0.25, 0.3) is 0 Å². The van der Waals surface area contributed by atoms with E-state index in [4.69, 9.17) is 4.74 Å². The Hall–Kier alpha value is -1.36. The Morgan fingerprint density at radius 1 is 1.30 bits per heavy atom. The Labute approximate surface area is 139 Å². The molecule has 0 spiro atoms. The number of likely N-dealkylation sites (tertiary alicyclic amines) is 1. The van der Waals surface area contributed by atoms with Gasteiger partial charge in [0, 0.05) is 44.6 Å². The van der Waals surface area contributed by atoms with E-state index in [1.165, 1.54) is 5.69 Å². The topological polar surface area (TPSA) is 47.4 Å². The molecule has 2 aliphatic heterocycles. The van der Waals surface area contributed by atoms with Crippen molar-refractivity contribution >= 4 is 5.91 Å². The molecule has 0 unspecified atom stereocenters. The van der Waals surface area contributed by atoms with Gasteiger partial charge < -0.3 is 9.64 Å². The lowest BCUT2D eigenvalue weighted by Crippen LogP contribution is -2.48. The van der Waals surface area contributed by atoms with Crippen molar-refractivity contribution in [1.82, 2.24) is 14.7 Å². The van der Waals surface area contributed by atoms with E-state index in [1.807, 2.05) is 17.9 Å². The number of carbonyl (C=O) groups excluding carboxylic acids is 1. The molecule has 2 saturated heterocycles. The first-order valence-corrected chi connectivity index (χ1v) is 8.96. The molecule has 2 atom stereocenters. The molecular weight excluding hydrogens is 290 g/mol. The Bertz CT molecular complexity index is 532. The van der Waals surface area contributed by atoms with Gasteiger partial charge >= 0.3 is 0 Å². The minimum absolute atomic E-state index is 0.0528. The number of aromatic nitrogens is 2. The third-order valence-electron chi connectivity index (χ3n) is 5.42. The SMILES string of the molecule is CC(C)[C@H]1OCCC[C@H]1C(=O)N1CCC(c2ccnn2C)CC1. The zero-order valence-electron chi connectivity index (χ0n) is 14.6. The van der Waals surface area contributed by atoms with Crippen LogP contribution in [0.2, 0.25) is 0 Å². The summed E-state index contributed by atoms with van der Waals surface area (Å²) in [5, 5.41) is 4.27. The summed E-state index contributed by atoms with van der Waals surface area (Å²) in [6.07, 6.45) is 6.00. The molecule has 3 heterocycles. The van der Waals surface area contributed by atoms with E-state index in [9.17, 15) is 4.79 Å². The molecule has 0 bridgehead atoms. The molecule has 1 aromatic heterocycles. The maximum Gasteiger partial charge on any atom is 0.228 e. The third kappa shape index (κ3) is 3.44. The van der Waals surface area contributed by atoms with Gasteiger partial charge in [-0.25, -0.2) is 0 Å². The maximum absolute atomic E-state index is 13.0. The molecule has 1 aromatic rings. The summed E-state index contributed by atoms with van der Waals surface area (Å²) in [4.78, 5) is 15.0. The highest BCUT2D eigenvalue weighted by molar-refractivity contribution is 5.79. The molecule has 5 nitrogen and oxygen atoms in total. The highest BCUT2D eigenvalue weighted by Gasteiger charge is 2.37. The lowest BCUT2D eigenvalue weighted by Gasteiger charge is -2.39. The molecule has 2 fully saturated rings. The molecule has 0 aromatic carbocycles. The zero-order valence-corrected chi connectivity index (χ0v) is 14.6. The largest absolute Gasteiger partial charge is 0.377 e. The molecule has 23 heavy (non-hydrogen) atoms. The highest BCUT2D eigenvalue weighted by Crippen LogP contribution is 2.32. The summed E-state index contributed by atoms with van der Waals surface area (Å²) in [6.45, 7) is 6.83. The molecule has 3 rings (SSSR count). The molecule has 0 radical (unpaired) electrons. The Balaban J connectivity index is 1.60. The Morgan fingerprint density at radius 2 is 2.04 bits per heavy atom. The first-order valence-electron chi connectivity index (χ1n) is 8.96. The molecule has 0 N–H and O–H groups in total. The average molecular weight is 319 g/mol. The van der Waals surface area contributed by atoms with Crippen LogP contribution in [0.25, 0.3) is 0 Å². The second-order valence-electron chi connectivity index (χ2n) is 7.31. The van der Waals surface area contributed by atoms with Crippen LogP contribution in [0.3, 0.4) is 0 Å². The highest BCUT2D eigenvalue weighted by atomic mass is 16.5. The fourth-order valence-corrected chi connectivity index (χ4v) is 4.14. The number of nitrogens with zero attached hydrogens (tertiary/aromatic N) is 3. The van der Waals surface area contributed by atoms with Crippen LogP contribution in [0.1, 0.15) is 51.1 Å². The maximum atomic E-state index is 13.0. The number of aryl methyl sites for hydroxylation is 1. The van der Waals surface area contributed by atoms with E-state index in [0.717, 1.165) is 45.4 Å². The fourth-order valence-electron chi connectivity index (χ4n) is 4.14. The molecule has 2 aliphatic rings. The number of amides is 1. The van der Waals surface area contributed by atoms with Crippen LogP contribution < -0.4 is 0 Å². The van der Waals surface area contributed by atoms with Gasteiger partial charge in [-0.3, -0.25) is 9.48 Å². The van der Waals surface area contributed by atoms with E-state index in [0.29, 0.717) is 17.7 Å². The van der Waals surface area contributed by atoms with Crippen LogP contribution in [-0.4, -0.2) is 46.4 Å². The first kappa shape index (κ1) is 16.5. The van der Waals surface area contributed by atoms with E-state index >= 15 is 0 Å². The van der Waals surface area contributed by atoms with Crippen molar-refractivity contribution in [2.24, 2.45) is 18.9 Å². The molecule has 0 saturated carbocycles. The lowest BCUT2D eigenvalue weighted by atomic mass is 9.85. The Morgan fingerprint density at radius 3 is 2.65 bits per heavy atom. The van der Waals surface area contributed by atoms with Gasteiger partial charge in [-0.05, 0) is 37.7 Å². The van der Waals surface area contributed by atoms with Crippen LogP contribution in [-0.2, 0) is 16.6 Å². The van der Waals surface area contributed by atoms with Crippen molar-refractivity contribution in [2.75, 3.05) is 19.7 Å². The van der Waals surface area contributed by atoms with Gasteiger partial charge in [-0.15, -0.1) is 0 Å². The quantitative estimate of drug-likeness (QED) is 0.860. The van der Waals surface area contributed by atoms with Crippen molar-refractivity contribution in [1.29, 1.82) is 0 Å². The third-order valence-corrected chi connectivity index (χ3v) is 5.42. The van der Waals surface area contributed by atoms with E-state index in [2.05, 4.69) is 29.9 Å². The summed E-state index contributed by atoms with van der Waals surface area (Å²) in [5.41, 5.74) is 1.29. The average Bonchev–Trinajstić information content (AvgIpc) is 3.00. The second-order valence-corrected chi connectivity index (χ2v) is 7.31. The van der Waals surface area contributed by atoms with Crippen LogP contribution >= 0.6 is 0 Å². The van der Waals surface area contributed by atoms with Crippen LogP contribution in [0.4, 0.5) is 0 Å². The van der Waals surface area contributed by atoms with Gasteiger partial charge in [0.15, 0.2) is 0 Å². The lowest BCUT2D eigenvalue weighted by molar-refractivity contribution is -0.148. The van der Waals surface area contributed by atoms with E-state index in [-0.39, 0.29) is 12.0 Å². The molecular formula is C18H29N3O2. The minimum atomic E-state index is 0.0528. The fraction of sp³-hybridized carbons (Fsp3) is 0.778. The number of hydrogen-bond acceptors (Lipinski definition) is 3. The molecule has 128 valence electrons. The zero-order chi connectivity index (χ0) is 16.4. The predicted octanol–water partition coefficient (Wildman–Crippen LogP) is 2.58. The molecule has 5 heteroatoms. The monoisotopic (exact) mass is 319 g/mol. The van der Waals surface area contributed by atoms with Gasteiger partial charge in [0.1, 0.15) is 0 Å². The number of piperidine rings is 1. The van der Waals surface area contributed by atoms with Crippen molar-refractivity contribution in [3.63, 3.8) is 0 Å². The summed E-state index contributed by atoms with van der Waals surface area (Å²) in [7, 11) is 2.00. The number of ether oxygens (including phenoxy) is 1. The number of rotatable bonds is 3. The minimum Gasteiger partial charge on any atom is -0.377 e.